The molecule has 5 fully saturated rings. The van der Waals surface area contributed by atoms with Crippen LogP contribution >= 0.6 is 0 Å². The molecule has 0 saturated heterocycles. The molecule has 1 N–H and O–H groups in total. The largest absolute Gasteiger partial charge is 0.435 e. The number of nitrogens with zero attached hydrogens (tertiary/aromatic N) is 1. The van der Waals surface area contributed by atoms with Crippen molar-refractivity contribution in [3.8, 4) is 16.9 Å². The van der Waals surface area contributed by atoms with Crippen LogP contribution in [0.3, 0.4) is 0 Å². The normalized spacial score (nSPS) is 30.1. The third-order valence-corrected chi connectivity index (χ3v) is 12.6. The van der Waals surface area contributed by atoms with Crippen molar-refractivity contribution in [2.45, 2.75) is 88.6 Å². The first-order valence-corrected chi connectivity index (χ1v) is 16.9. The molecule has 0 spiro atoms. The summed E-state index contributed by atoms with van der Waals surface area (Å²) in [6.07, 6.45) is 6.27. The van der Waals surface area contributed by atoms with Crippen molar-refractivity contribution in [1.29, 1.82) is 0 Å². The number of fused-ring (bicyclic) bond motifs is 3. The molecule has 0 atom stereocenters. The molecule has 5 aliphatic rings. The van der Waals surface area contributed by atoms with E-state index in [1.54, 1.807) is 19.1 Å². The summed E-state index contributed by atoms with van der Waals surface area (Å²) in [6, 6.07) is 14.0. The number of carbonyl (C=O) groups is 2. The van der Waals surface area contributed by atoms with E-state index in [0.29, 0.717) is 51.5 Å². The van der Waals surface area contributed by atoms with Crippen molar-refractivity contribution in [3.05, 3.63) is 48.5 Å². The van der Waals surface area contributed by atoms with Crippen LogP contribution < -0.4 is 9.64 Å². The fourth-order valence-corrected chi connectivity index (χ4v) is 9.27. The van der Waals surface area contributed by atoms with Gasteiger partial charge in [0.1, 0.15) is 11.5 Å². The number of hydrogen-bond acceptors (Lipinski definition) is 6. The van der Waals surface area contributed by atoms with Gasteiger partial charge in [-0.2, -0.15) is 8.78 Å². The van der Waals surface area contributed by atoms with Crippen LogP contribution in [0.4, 0.5) is 14.5 Å². The van der Waals surface area contributed by atoms with Crippen LogP contribution in [-0.2, 0) is 19.4 Å². The molecule has 1 amide bonds. The summed E-state index contributed by atoms with van der Waals surface area (Å²) in [5.74, 6) is -0.736. The molecular weight excluding hydrogens is 576 g/mol. The Balaban J connectivity index is 1.22. The second-order valence-electron chi connectivity index (χ2n) is 13.7. The van der Waals surface area contributed by atoms with Gasteiger partial charge in [-0.05, 0) is 112 Å². The first-order chi connectivity index (χ1) is 20.3. The highest BCUT2D eigenvalue weighted by molar-refractivity contribution is 7.93. The van der Waals surface area contributed by atoms with Gasteiger partial charge in [0.15, 0.2) is 15.6 Å². The van der Waals surface area contributed by atoms with Crippen molar-refractivity contribution in [2.24, 2.45) is 16.7 Å². The van der Waals surface area contributed by atoms with Crippen molar-refractivity contribution in [3.63, 3.8) is 0 Å². The van der Waals surface area contributed by atoms with Crippen LogP contribution in [0.15, 0.2) is 48.5 Å². The molecule has 7 nitrogen and oxygen atoms in total. The number of Topliss-reactive ketones (excluding diaryl/α,β-unsaturated/α-hetero) is 1. The first-order valence-electron chi connectivity index (χ1n) is 15.2. The Kier molecular flexibility index (Phi) is 7.68. The van der Waals surface area contributed by atoms with Crippen LogP contribution in [-0.4, -0.2) is 55.0 Å². The maximum Gasteiger partial charge on any atom is 0.387 e. The summed E-state index contributed by atoms with van der Waals surface area (Å²) in [6.45, 7) is -0.678. The van der Waals surface area contributed by atoms with E-state index in [1.807, 2.05) is 29.2 Å². The number of hydrogen-bond donors (Lipinski definition) is 1. The van der Waals surface area contributed by atoms with Crippen LogP contribution in [0.5, 0.6) is 5.75 Å². The van der Waals surface area contributed by atoms with E-state index in [9.17, 15) is 31.9 Å². The molecule has 2 bridgehead atoms. The molecule has 7 rings (SSSR count). The summed E-state index contributed by atoms with van der Waals surface area (Å²) in [5, 5.41) is 10.0. The van der Waals surface area contributed by atoms with Crippen molar-refractivity contribution < 1.29 is 36.6 Å². The molecule has 0 aromatic heterocycles. The summed E-state index contributed by atoms with van der Waals surface area (Å²) >= 11 is 0. The van der Waals surface area contributed by atoms with E-state index in [0.717, 1.165) is 36.1 Å². The van der Waals surface area contributed by atoms with Gasteiger partial charge >= 0.3 is 6.61 Å². The highest BCUT2D eigenvalue weighted by atomic mass is 32.2. The molecule has 5 aliphatic carbocycles. The Hall–Kier alpha value is -2.85. The molecule has 0 radical (unpaired) electrons. The van der Waals surface area contributed by atoms with Crippen molar-refractivity contribution in [2.75, 3.05) is 17.2 Å². The zero-order chi connectivity index (χ0) is 30.6. The Bertz CT molecular complexity index is 1470. The van der Waals surface area contributed by atoms with Crippen LogP contribution in [0, 0.1) is 16.7 Å². The number of amides is 1. The number of halogens is 2. The minimum Gasteiger partial charge on any atom is -0.435 e. The molecule has 5 saturated carbocycles. The molecule has 0 heterocycles. The van der Waals surface area contributed by atoms with Gasteiger partial charge in [-0.1, -0.05) is 24.3 Å². The SMILES string of the molecule is CC1(O)CC(C(=O)N(CC23CCC(C(=O)CS(=O)(=O)C4CC4)(CC2)CC3)c2cccc(-c3ccc(OC(F)F)cc3)c2)C1. The number of aliphatic hydroxyl groups is 1. The maximum atomic E-state index is 14.0. The number of rotatable bonds is 11. The smallest absolute Gasteiger partial charge is 0.387 e. The zero-order valence-corrected chi connectivity index (χ0v) is 25.3. The summed E-state index contributed by atoms with van der Waals surface area (Å²) in [4.78, 5) is 29.1. The molecule has 232 valence electrons. The van der Waals surface area contributed by atoms with Crippen molar-refractivity contribution >= 4 is 27.2 Å². The van der Waals surface area contributed by atoms with E-state index in [4.69, 9.17) is 0 Å². The lowest BCUT2D eigenvalue weighted by Crippen LogP contribution is -2.55. The lowest BCUT2D eigenvalue weighted by molar-refractivity contribution is -0.139. The van der Waals surface area contributed by atoms with E-state index in [-0.39, 0.29) is 39.8 Å². The molecule has 2 aromatic rings. The van der Waals surface area contributed by atoms with Crippen LogP contribution in [0.1, 0.15) is 71.1 Å². The van der Waals surface area contributed by atoms with E-state index in [1.165, 1.54) is 12.1 Å². The molecule has 43 heavy (non-hydrogen) atoms. The van der Waals surface area contributed by atoms with Gasteiger partial charge < -0.3 is 14.7 Å². The van der Waals surface area contributed by atoms with E-state index >= 15 is 0 Å². The minimum absolute atomic E-state index is 0.0345. The quantitative estimate of drug-likeness (QED) is 0.336. The lowest BCUT2D eigenvalue weighted by Gasteiger charge is -2.54. The van der Waals surface area contributed by atoms with Gasteiger partial charge in [0, 0.05) is 23.6 Å². The fourth-order valence-electron chi connectivity index (χ4n) is 7.51. The molecule has 0 aliphatic heterocycles. The summed E-state index contributed by atoms with van der Waals surface area (Å²) in [7, 11) is -3.36. The van der Waals surface area contributed by atoms with Gasteiger partial charge in [-0.15, -0.1) is 0 Å². The highest BCUT2D eigenvalue weighted by Gasteiger charge is 2.54. The fraction of sp³-hybridized carbons (Fsp3) is 0.576. The number of ketones is 1. The standard InChI is InChI=1S/C33H39F2NO6S/c1-31(39)18-24(19-31)29(38)36(25-4-2-3-23(17-25)22-5-7-26(8-6-22)42-30(34)35)21-32-11-14-33(15-12-32,16-13-32)28(37)20-43(40,41)27-9-10-27/h2-8,17,24,27,30,39H,9-16,18-21H2,1H3. The predicted octanol–water partition coefficient (Wildman–Crippen LogP) is 5.94. The maximum absolute atomic E-state index is 14.0. The van der Waals surface area contributed by atoms with E-state index in [2.05, 4.69) is 4.74 Å². The second kappa shape index (κ2) is 10.9. The van der Waals surface area contributed by atoms with Gasteiger partial charge in [-0.25, -0.2) is 8.42 Å². The highest BCUT2D eigenvalue weighted by Crippen LogP contribution is 2.58. The van der Waals surface area contributed by atoms with Crippen LogP contribution in [0.25, 0.3) is 11.1 Å². The number of ether oxygens (including phenoxy) is 1. The number of sulfone groups is 1. The zero-order valence-electron chi connectivity index (χ0n) is 24.4. The molecular formula is C33H39F2NO6S. The average molecular weight is 616 g/mol. The summed E-state index contributed by atoms with van der Waals surface area (Å²) < 4.78 is 54.8. The lowest BCUT2D eigenvalue weighted by atomic mass is 9.52. The third kappa shape index (κ3) is 6.23. The van der Waals surface area contributed by atoms with E-state index < -0.39 is 27.5 Å². The topological polar surface area (TPSA) is 101 Å². The van der Waals surface area contributed by atoms with Gasteiger partial charge in [0.25, 0.3) is 0 Å². The van der Waals surface area contributed by atoms with Gasteiger partial charge in [0.2, 0.25) is 5.91 Å². The summed E-state index contributed by atoms with van der Waals surface area (Å²) in [5.41, 5.74) is 0.732. The molecule has 2 aromatic carbocycles. The monoisotopic (exact) mass is 615 g/mol. The Morgan fingerprint density at radius 1 is 0.977 bits per heavy atom. The minimum atomic E-state index is -3.36. The average Bonchev–Trinajstić information content (AvgIpc) is 3.82. The number of anilines is 1. The molecule has 0 unspecified atom stereocenters. The number of carbonyl (C=O) groups excluding carboxylic acids is 2. The Labute approximate surface area is 251 Å². The van der Waals surface area contributed by atoms with Gasteiger partial charge in [0.05, 0.1) is 10.9 Å². The Morgan fingerprint density at radius 2 is 1.60 bits per heavy atom. The van der Waals surface area contributed by atoms with Gasteiger partial charge in [-0.3, -0.25) is 9.59 Å². The molecule has 10 heteroatoms. The number of benzene rings is 2. The third-order valence-electron chi connectivity index (χ3n) is 10.4. The van der Waals surface area contributed by atoms with Crippen LogP contribution in [0.2, 0.25) is 0 Å². The van der Waals surface area contributed by atoms with Crippen molar-refractivity contribution in [1.82, 2.24) is 0 Å². The predicted molar refractivity (Wildman–Crippen MR) is 159 cm³/mol. The first kappa shape index (κ1) is 30.2. The second-order valence-corrected chi connectivity index (χ2v) is 16.0. The number of alkyl halides is 2. The Morgan fingerprint density at radius 3 is 2.16 bits per heavy atom.